The Bertz CT molecular complexity index is 3530. The normalized spacial score (nSPS) is 12.9. The summed E-state index contributed by atoms with van der Waals surface area (Å²) in [5, 5.41) is 7.29. The highest BCUT2D eigenvalue weighted by Crippen LogP contribution is 2.51. The van der Waals surface area contributed by atoms with Crippen LogP contribution in [-0.4, -0.2) is 0 Å². The molecule has 2 nitrogen and oxygen atoms in total. The van der Waals surface area contributed by atoms with Crippen molar-refractivity contribution >= 4 is 60.5 Å². The molecule has 0 saturated heterocycles. The molecule has 11 aromatic rings. The van der Waals surface area contributed by atoms with Crippen molar-refractivity contribution in [2.75, 3.05) is 4.90 Å². The SMILES string of the molecule is CC1(C)c2ccccc2-c2ccc(-c3ccccc3N(c3cccc(-c4ccc5oc6ccccc6c5c4)c3)c3cccc(-c4cccc5c4ccc4ccccc45)c3)cc21. The number of fused-ring (bicyclic) bond motifs is 9. The van der Waals surface area contributed by atoms with Crippen molar-refractivity contribution in [2.45, 2.75) is 19.3 Å². The van der Waals surface area contributed by atoms with Gasteiger partial charge in [0.15, 0.2) is 0 Å². The summed E-state index contributed by atoms with van der Waals surface area (Å²) in [5.41, 5.74) is 17.4. The van der Waals surface area contributed by atoms with Crippen LogP contribution in [0.2, 0.25) is 0 Å². The number of nitrogens with zero attached hydrogens (tertiary/aromatic N) is 1. The zero-order chi connectivity index (χ0) is 40.7. The fourth-order valence-corrected chi connectivity index (χ4v) is 10.0. The van der Waals surface area contributed by atoms with E-state index >= 15 is 0 Å². The molecular weight excluding hydrogens is 739 g/mol. The smallest absolute Gasteiger partial charge is 0.135 e. The van der Waals surface area contributed by atoms with Gasteiger partial charge in [0.1, 0.15) is 11.2 Å². The molecule has 0 aliphatic heterocycles. The largest absolute Gasteiger partial charge is 0.456 e. The number of anilines is 3. The predicted molar refractivity (Wildman–Crippen MR) is 257 cm³/mol. The lowest BCUT2D eigenvalue weighted by molar-refractivity contribution is 0.660. The van der Waals surface area contributed by atoms with Crippen LogP contribution in [0.1, 0.15) is 25.0 Å². The summed E-state index contributed by atoms with van der Waals surface area (Å²) in [6, 6.07) is 77.6. The maximum absolute atomic E-state index is 6.22. The van der Waals surface area contributed by atoms with Crippen LogP contribution in [-0.2, 0) is 5.41 Å². The molecule has 0 atom stereocenters. The number of hydrogen-bond donors (Lipinski definition) is 0. The van der Waals surface area contributed by atoms with E-state index in [1.165, 1.54) is 66.1 Å². The number of para-hydroxylation sites is 2. The van der Waals surface area contributed by atoms with E-state index in [4.69, 9.17) is 4.42 Å². The minimum atomic E-state index is -0.107. The fraction of sp³-hybridized carbons (Fsp3) is 0.0508. The van der Waals surface area contributed by atoms with E-state index in [0.29, 0.717) is 0 Å². The van der Waals surface area contributed by atoms with E-state index in [2.05, 4.69) is 219 Å². The Labute approximate surface area is 355 Å². The van der Waals surface area contributed by atoms with E-state index < -0.39 is 0 Å². The van der Waals surface area contributed by atoms with Crippen molar-refractivity contribution in [3.05, 3.63) is 223 Å². The lowest BCUT2D eigenvalue weighted by atomic mass is 9.81. The average molecular weight is 780 g/mol. The van der Waals surface area contributed by atoms with Gasteiger partial charge < -0.3 is 9.32 Å². The van der Waals surface area contributed by atoms with Gasteiger partial charge in [0.25, 0.3) is 0 Å². The summed E-state index contributed by atoms with van der Waals surface area (Å²) in [6.07, 6.45) is 0. The van der Waals surface area contributed by atoms with Crippen LogP contribution in [0.3, 0.4) is 0 Å². The van der Waals surface area contributed by atoms with Gasteiger partial charge in [0.05, 0.1) is 5.69 Å². The topological polar surface area (TPSA) is 16.4 Å². The van der Waals surface area contributed by atoms with Crippen molar-refractivity contribution < 1.29 is 4.42 Å². The molecule has 0 bridgehead atoms. The third kappa shape index (κ3) is 5.64. The van der Waals surface area contributed by atoms with Gasteiger partial charge in [-0.3, -0.25) is 0 Å². The molecule has 1 aliphatic carbocycles. The number of hydrogen-bond acceptors (Lipinski definition) is 2. The number of benzene rings is 10. The standard InChI is InChI=1S/C59H41NO/c1-59(2)54-25-8-5-21-50(54)51-32-29-42(37-55(51)59)47-20-6-9-26-56(47)60(43-17-11-15-39(34-43)40-30-33-58-53(36-40)52-22-7-10-27-57(52)61-58)44-18-12-16-41(35-44)46-23-13-24-48-45-19-4-3-14-38(45)28-31-49(46)48/h3-37H,1-2H3. The van der Waals surface area contributed by atoms with Crippen LogP contribution in [0.25, 0.3) is 88.0 Å². The zero-order valence-corrected chi connectivity index (χ0v) is 34.1. The highest BCUT2D eigenvalue weighted by Gasteiger charge is 2.35. The Morgan fingerprint density at radius 3 is 1.84 bits per heavy atom. The Hall–Kier alpha value is -7.68. The van der Waals surface area contributed by atoms with Crippen molar-refractivity contribution in [3.8, 4) is 44.5 Å². The molecule has 12 rings (SSSR count). The third-order valence-electron chi connectivity index (χ3n) is 13.1. The molecular formula is C59H41NO. The molecule has 0 unspecified atom stereocenters. The molecule has 0 radical (unpaired) electrons. The summed E-state index contributed by atoms with van der Waals surface area (Å²) in [7, 11) is 0. The first-order chi connectivity index (χ1) is 30.0. The lowest BCUT2D eigenvalue weighted by Crippen LogP contribution is -2.15. The van der Waals surface area contributed by atoms with Crippen molar-refractivity contribution in [1.29, 1.82) is 0 Å². The summed E-state index contributed by atoms with van der Waals surface area (Å²) < 4.78 is 6.22. The lowest BCUT2D eigenvalue weighted by Gasteiger charge is -2.29. The third-order valence-corrected chi connectivity index (χ3v) is 13.1. The second-order valence-electron chi connectivity index (χ2n) is 16.9. The van der Waals surface area contributed by atoms with Crippen LogP contribution in [0.15, 0.2) is 217 Å². The summed E-state index contributed by atoms with van der Waals surface area (Å²) in [4.78, 5) is 2.45. The Morgan fingerprint density at radius 2 is 0.951 bits per heavy atom. The Morgan fingerprint density at radius 1 is 0.344 bits per heavy atom. The molecule has 0 fully saturated rings. The van der Waals surface area contributed by atoms with Gasteiger partial charge in [-0.15, -0.1) is 0 Å². The second kappa shape index (κ2) is 13.7. The van der Waals surface area contributed by atoms with E-state index in [1.54, 1.807) is 0 Å². The Balaban J connectivity index is 1.04. The summed E-state index contributed by atoms with van der Waals surface area (Å²) >= 11 is 0. The molecule has 61 heavy (non-hydrogen) atoms. The quantitative estimate of drug-likeness (QED) is 0.156. The first-order valence-corrected chi connectivity index (χ1v) is 21.2. The van der Waals surface area contributed by atoms with Crippen molar-refractivity contribution in [1.82, 2.24) is 0 Å². The first kappa shape index (κ1) is 35.3. The van der Waals surface area contributed by atoms with Gasteiger partial charge in [-0.1, -0.05) is 172 Å². The van der Waals surface area contributed by atoms with E-state index in [0.717, 1.165) is 50.1 Å². The molecule has 1 aliphatic rings. The van der Waals surface area contributed by atoms with Crippen LogP contribution >= 0.6 is 0 Å². The maximum Gasteiger partial charge on any atom is 0.135 e. The van der Waals surface area contributed by atoms with Gasteiger partial charge in [-0.05, 0) is 126 Å². The van der Waals surface area contributed by atoms with Crippen molar-refractivity contribution in [3.63, 3.8) is 0 Å². The number of rotatable bonds is 6. The van der Waals surface area contributed by atoms with Gasteiger partial charge in [-0.2, -0.15) is 0 Å². The molecule has 0 amide bonds. The summed E-state index contributed by atoms with van der Waals surface area (Å²) in [5.74, 6) is 0. The molecule has 1 heterocycles. The molecule has 1 aromatic heterocycles. The molecule has 10 aromatic carbocycles. The molecule has 0 spiro atoms. The summed E-state index contributed by atoms with van der Waals surface area (Å²) in [6.45, 7) is 4.72. The molecule has 288 valence electrons. The van der Waals surface area contributed by atoms with Crippen LogP contribution in [0.4, 0.5) is 17.1 Å². The van der Waals surface area contributed by atoms with Crippen molar-refractivity contribution in [2.24, 2.45) is 0 Å². The van der Waals surface area contributed by atoms with Gasteiger partial charge >= 0.3 is 0 Å². The van der Waals surface area contributed by atoms with E-state index in [-0.39, 0.29) is 5.41 Å². The minimum absolute atomic E-state index is 0.107. The van der Waals surface area contributed by atoms with Crippen LogP contribution in [0.5, 0.6) is 0 Å². The maximum atomic E-state index is 6.22. The zero-order valence-electron chi connectivity index (χ0n) is 34.1. The predicted octanol–water partition coefficient (Wildman–Crippen LogP) is 16.7. The van der Waals surface area contributed by atoms with E-state index in [1.807, 2.05) is 12.1 Å². The van der Waals surface area contributed by atoms with E-state index in [9.17, 15) is 0 Å². The van der Waals surface area contributed by atoms with Crippen LogP contribution < -0.4 is 4.90 Å². The number of furan rings is 1. The van der Waals surface area contributed by atoms with Gasteiger partial charge in [0.2, 0.25) is 0 Å². The van der Waals surface area contributed by atoms with Gasteiger partial charge in [-0.25, -0.2) is 0 Å². The highest BCUT2D eigenvalue weighted by molar-refractivity contribution is 6.12. The molecule has 0 N–H and O–H groups in total. The fourth-order valence-electron chi connectivity index (χ4n) is 10.0. The van der Waals surface area contributed by atoms with Crippen LogP contribution in [0, 0.1) is 0 Å². The molecule has 2 heteroatoms. The molecule has 0 saturated carbocycles. The Kier molecular flexibility index (Phi) is 7.92. The highest BCUT2D eigenvalue weighted by atomic mass is 16.3. The second-order valence-corrected chi connectivity index (χ2v) is 16.9. The first-order valence-electron chi connectivity index (χ1n) is 21.2. The van der Waals surface area contributed by atoms with Gasteiger partial charge in [0, 0.05) is 33.1 Å². The average Bonchev–Trinajstić information content (AvgIpc) is 3.80. The minimum Gasteiger partial charge on any atom is -0.456 e. The monoisotopic (exact) mass is 779 g/mol.